The minimum Gasteiger partial charge on any atom is -0.507 e. The molecule has 0 unspecified atom stereocenters. The van der Waals surface area contributed by atoms with Gasteiger partial charge in [0.05, 0.1) is 21.1 Å². The van der Waals surface area contributed by atoms with Gasteiger partial charge in [-0.05, 0) is 30.3 Å². The SMILES string of the molecule is O=C(N/N=C/c1ccccc1O)c1cc(-c2ccc(Cl)s2)[nH]n1. The number of carbonyl (C=O) groups excluding carboxylic acids is 1. The Labute approximate surface area is 140 Å². The number of aromatic amines is 1. The number of phenolic OH excluding ortho intramolecular Hbond substituents is 1. The summed E-state index contributed by atoms with van der Waals surface area (Å²) in [6.45, 7) is 0. The second-order valence-electron chi connectivity index (χ2n) is 4.53. The van der Waals surface area contributed by atoms with Gasteiger partial charge in [-0.2, -0.15) is 10.2 Å². The van der Waals surface area contributed by atoms with Gasteiger partial charge in [-0.15, -0.1) is 11.3 Å². The number of amides is 1. The van der Waals surface area contributed by atoms with Crippen molar-refractivity contribution in [1.29, 1.82) is 0 Å². The molecule has 23 heavy (non-hydrogen) atoms. The summed E-state index contributed by atoms with van der Waals surface area (Å²) >= 11 is 7.27. The van der Waals surface area contributed by atoms with E-state index in [0.29, 0.717) is 15.6 Å². The van der Waals surface area contributed by atoms with E-state index in [0.717, 1.165) is 4.88 Å². The average molecular weight is 347 g/mol. The fraction of sp³-hybridized carbons (Fsp3) is 0. The molecule has 1 aromatic carbocycles. The number of halogens is 1. The monoisotopic (exact) mass is 346 g/mol. The van der Waals surface area contributed by atoms with Crippen LogP contribution in [-0.4, -0.2) is 27.4 Å². The molecule has 0 atom stereocenters. The van der Waals surface area contributed by atoms with Crippen molar-refractivity contribution in [2.75, 3.05) is 0 Å². The summed E-state index contributed by atoms with van der Waals surface area (Å²) in [6.07, 6.45) is 1.36. The molecule has 0 aliphatic rings. The number of aromatic nitrogens is 2. The van der Waals surface area contributed by atoms with E-state index in [1.54, 1.807) is 30.3 Å². The quantitative estimate of drug-likeness (QED) is 0.500. The van der Waals surface area contributed by atoms with Gasteiger partial charge in [0.1, 0.15) is 5.75 Å². The summed E-state index contributed by atoms with van der Waals surface area (Å²) < 4.78 is 0.660. The molecule has 0 spiro atoms. The third-order valence-electron chi connectivity index (χ3n) is 2.96. The van der Waals surface area contributed by atoms with Crippen LogP contribution in [0.5, 0.6) is 5.75 Å². The predicted octanol–water partition coefficient (Wildman–Crippen LogP) is 3.26. The first-order valence-corrected chi connectivity index (χ1v) is 7.75. The van der Waals surface area contributed by atoms with Crippen LogP contribution in [0.25, 0.3) is 10.6 Å². The zero-order chi connectivity index (χ0) is 16.2. The standard InChI is InChI=1S/C15H11ClN4O2S/c16-14-6-5-13(23-14)10-7-11(19-18-10)15(22)20-17-8-9-3-1-2-4-12(9)21/h1-8,21H,(H,18,19)(H,20,22)/b17-8+. The molecular weight excluding hydrogens is 336 g/mol. The maximum Gasteiger partial charge on any atom is 0.291 e. The minimum absolute atomic E-state index is 0.0853. The molecule has 3 N–H and O–H groups in total. The maximum absolute atomic E-state index is 12.0. The van der Waals surface area contributed by atoms with Gasteiger partial charge in [-0.25, -0.2) is 5.43 Å². The first-order valence-electron chi connectivity index (χ1n) is 6.56. The Balaban J connectivity index is 1.67. The summed E-state index contributed by atoms with van der Waals surface area (Å²) in [7, 11) is 0. The number of aromatic hydroxyl groups is 1. The molecule has 0 saturated heterocycles. The van der Waals surface area contributed by atoms with Crippen LogP contribution in [0.4, 0.5) is 0 Å². The van der Waals surface area contributed by atoms with Crippen molar-refractivity contribution in [2.45, 2.75) is 0 Å². The van der Waals surface area contributed by atoms with Crippen LogP contribution >= 0.6 is 22.9 Å². The highest BCUT2D eigenvalue weighted by Crippen LogP contribution is 2.29. The zero-order valence-corrected chi connectivity index (χ0v) is 13.2. The zero-order valence-electron chi connectivity index (χ0n) is 11.7. The number of hydrogen-bond donors (Lipinski definition) is 3. The van der Waals surface area contributed by atoms with E-state index >= 15 is 0 Å². The molecule has 116 valence electrons. The van der Waals surface area contributed by atoms with Crippen molar-refractivity contribution in [3.63, 3.8) is 0 Å². The topological polar surface area (TPSA) is 90.4 Å². The number of H-pyrrole nitrogens is 1. The molecule has 6 nitrogen and oxygen atoms in total. The average Bonchev–Trinajstić information content (AvgIpc) is 3.18. The number of rotatable bonds is 4. The number of nitrogens with zero attached hydrogens (tertiary/aromatic N) is 2. The summed E-state index contributed by atoms with van der Waals surface area (Å²) in [5.41, 5.74) is 3.78. The molecule has 0 aliphatic carbocycles. The van der Waals surface area contributed by atoms with Crippen molar-refractivity contribution in [3.8, 4) is 16.3 Å². The van der Waals surface area contributed by atoms with Gasteiger partial charge in [0.15, 0.2) is 5.69 Å². The summed E-state index contributed by atoms with van der Waals surface area (Å²) in [5.74, 6) is -0.371. The lowest BCUT2D eigenvalue weighted by molar-refractivity contribution is 0.0950. The molecular formula is C15H11ClN4O2S. The molecule has 0 aliphatic heterocycles. The molecule has 1 amide bonds. The first-order chi connectivity index (χ1) is 11.1. The molecule has 2 heterocycles. The number of para-hydroxylation sites is 1. The first kappa shape index (κ1) is 15.3. The fourth-order valence-electron chi connectivity index (χ4n) is 1.84. The third kappa shape index (κ3) is 3.58. The largest absolute Gasteiger partial charge is 0.507 e. The number of benzene rings is 1. The van der Waals surface area contributed by atoms with Gasteiger partial charge in [0, 0.05) is 5.56 Å². The van der Waals surface area contributed by atoms with Crippen molar-refractivity contribution in [1.82, 2.24) is 15.6 Å². The molecule has 0 fully saturated rings. The van der Waals surface area contributed by atoms with Crippen molar-refractivity contribution in [3.05, 3.63) is 58.1 Å². The van der Waals surface area contributed by atoms with E-state index in [9.17, 15) is 9.90 Å². The van der Waals surface area contributed by atoms with Gasteiger partial charge in [0.25, 0.3) is 5.91 Å². The molecule has 3 rings (SSSR count). The molecule has 2 aromatic heterocycles. The predicted molar refractivity (Wildman–Crippen MR) is 90.1 cm³/mol. The van der Waals surface area contributed by atoms with Crippen molar-refractivity contribution in [2.24, 2.45) is 5.10 Å². The number of hydrogen-bond acceptors (Lipinski definition) is 5. The van der Waals surface area contributed by atoms with Gasteiger partial charge >= 0.3 is 0 Å². The van der Waals surface area contributed by atoms with Crippen LogP contribution in [0.15, 0.2) is 47.6 Å². The Morgan fingerprint density at radius 1 is 1.35 bits per heavy atom. The molecule has 0 saturated carbocycles. The molecule has 0 radical (unpaired) electrons. The Bertz CT molecular complexity index is 872. The van der Waals surface area contributed by atoms with Crippen LogP contribution in [0.1, 0.15) is 16.1 Å². The summed E-state index contributed by atoms with van der Waals surface area (Å²) in [6, 6.07) is 11.9. The van der Waals surface area contributed by atoms with Crippen LogP contribution in [-0.2, 0) is 0 Å². The highest BCUT2D eigenvalue weighted by Gasteiger charge is 2.12. The van der Waals surface area contributed by atoms with E-state index in [2.05, 4.69) is 20.7 Å². The Hall–Kier alpha value is -2.64. The minimum atomic E-state index is -0.457. The van der Waals surface area contributed by atoms with E-state index < -0.39 is 5.91 Å². The highest BCUT2D eigenvalue weighted by molar-refractivity contribution is 7.19. The van der Waals surface area contributed by atoms with E-state index in [1.807, 2.05) is 6.07 Å². The van der Waals surface area contributed by atoms with E-state index in [-0.39, 0.29) is 11.4 Å². The van der Waals surface area contributed by atoms with E-state index in [4.69, 9.17) is 11.6 Å². The lowest BCUT2D eigenvalue weighted by atomic mass is 10.2. The van der Waals surface area contributed by atoms with E-state index in [1.165, 1.54) is 23.6 Å². The molecule has 0 bridgehead atoms. The van der Waals surface area contributed by atoms with Gasteiger partial charge in [-0.3, -0.25) is 9.89 Å². The molecule has 8 heteroatoms. The number of thiophene rings is 1. The fourth-order valence-corrected chi connectivity index (χ4v) is 2.85. The third-order valence-corrected chi connectivity index (χ3v) is 4.22. The highest BCUT2D eigenvalue weighted by atomic mass is 35.5. The van der Waals surface area contributed by atoms with Crippen LogP contribution < -0.4 is 5.43 Å². The number of carbonyl (C=O) groups is 1. The maximum atomic E-state index is 12.0. The van der Waals surface area contributed by atoms with Gasteiger partial charge in [0.2, 0.25) is 0 Å². The van der Waals surface area contributed by atoms with Gasteiger partial charge < -0.3 is 5.11 Å². The van der Waals surface area contributed by atoms with Gasteiger partial charge in [-0.1, -0.05) is 23.7 Å². The number of phenols is 1. The Morgan fingerprint density at radius 3 is 2.91 bits per heavy atom. The van der Waals surface area contributed by atoms with Crippen LogP contribution in [0, 0.1) is 0 Å². The number of hydrazone groups is 1. The lowest BCUT2D eigenvalue weighted by Gasteiger charge is -1.97. The van der Waals surface area contributed by atoms with Crippen LogP contribution in [0.2, 0.25) is 4.34 Å². The van der Waals surface area contributed by atoms with Crippen molar-refractivity contribution < 1.29 is 9.90 Å². The summed E-state index contributed by atoms with van der Waals surface area (Å²) in [5, 5.41) is 20.1. The second-order valence-corrected chi connectivity index (χ2v) is 6.24. The number of nitrogens with one attached hydrogen (secondary N) is 2. The second kappa shape index (κ2) is 6.64. The molecule has 3 aromatic rings. The normalized spacial score (nSPS) is 11.0. The Kier molecular flexibility index (Phi) is 4.40. The Morgan fingerprint density at radius 2 is 2.17 bits per heavy atom. The lowest BCUT2D eigenvalue weighted by Crippen LogP contribution is -2.18. The summed E-state index contributed by atoms with van der Waals surface area (Å²) in [4.78, 5) is 12.9. The van der Waals surface area contributed by atoms with Crippen molar-refractivity contribution >= 4 is 35.1 Å². The smallest absolute Gasteiger partial charge is 0.291 e. The van der Waals surface area contributed by atoms with Crippen LogP contribution in [0.3, 0.4) is 0 Å².